The molecule has 4 rings (SSSR count). The molecule has 2 aromatic heterocycles. The van der Waals surface area contributed by atoms with Crippen molar-refractivity contribution in [1.29, 1.82) is 0 Å². The minimum absolute atomic E-state index is 0.209. The van der Waals surface area contributed by atoms with Crippen LogP contribution in [0.1, 0.15) is 11.1 Å². The van der Waals surface area contributed by atoms with Crippen LogP contribution in [0.4, 0.5) is 10.1 Å². The lowest BCUT2D eigenvalue weighted by Crippen LogP contribution is -2.17. The molecular formula is C23H20FN3S. The Hall–Kier alpha value is -3.05. The Kier molecular flexibility index (Phi) is 5.44. The van der Waals surface area contributed by atoms with E-state index >= 15 is 0 Å². The molecule has 0 aliphatic rings. The van der Waals surface area contributed by atoms with Crippen LogP contribution in [-0.2, 0) is 13.0 Å². The lowest BCUT2D eigenvalue weighted by molar-refractivity contribution is 0.625. The topological polar surface area (TPSA) is 30.2 Å². The average Bonchev–Trinajstić information content (AvgIpc) is 3.11. The van der Waals surface area contributed by atoms with Gasteiger partial charge in [-0.25, -0.2) is 9.38 Å². The maximum Gasteiger partial charge on any atom is 0.190 e. The highest BCUT2D eigenvalue weighted by Crippen LogP contribution is 2.22. The van der Waals surface area contributed by atoms with Gasteiger partial charge in [0.2, 0.25) is 0 Å². The van der Waals surface area contributed by atoms with Gasteiger partial charge in [0.15, 0.2) is 4.80 Å². The maximum atomic E-state index is 13.2. The fourth-order valence-corrected chi connectivity index (χ4v) is 3.97. The van der Waals surface area contributed by atoms with Crippen molar-refractivity contribution in [2.75, 3.05) is 0 Å². The molecule has 140 valence electrons. The number of aromatic nitrogens is 2. The van der Waals surface area contributed by atoms with Gasteiger partial charge in [-0.2, -0.15) is 0 Å². The molecule has 0 radical (unpaired) electrons. The first-order valence-corrected chi connectivity index (χ1v) is 10.0. The van der Waals surface area contributed by atoms with E-state index in [0.717, 1.165) is 40.3 Å². The van der Waals surface area contributed by atoms with Crippen LogP contribution in [0.25, 0.3) is 11.3 Å². The Morgan fingerprint density at radius 1 is 1.04 bits per heavy atom. The van der Waals surface area contributed by atoms with Crippen LogP contribution < -0.4 is 4.80 Å². The molecule has 0 atom stereocenters. The van der Waals surface area contributed by atoms with Gasteiger partial charge in [-0.1, -0.05) is 42.0 Å². The molecule has 2 aromatic carbocycles. The van der Waals surface area contributed by atoms with Gasteiger partial charge in [-0.15, -0.1) is 11.3 Å². The van der Waals surface area contributed by atoms with E-state index in [4.69, 9.17) is 4.99 Å². The molecule has 4 aromatic rings. The van der Waals surface area contributed by atoms with Crippen molar-refractivity contribution in [1.82, 2.24) is 9.55 Å². The number of hydrogen-bond acceptors (Lipinski definition) is 3. The normalized spacial score (nSPS) is 11.7. The smallest absolute Gasteiger partial charge is 0.190 e. The van der Waals surface area contributed by atoms with Gasteiger partial charge < -0.3 is 4.57 Å². The van der Waals surface area contributed by atoms with Crippen LogP contribution in [-0.4, -0.2) is 9.55 Å². The van der Waals surface area contributed by atoms with Gasteiger partial charge in [0.05, 0.1) is 17.6 Å². The van der Waals surface area contributed by atoms with E-state index < -0.39 is 0 Å². The molecule has 0 bridgehead atoms. The molecule has 3 nitrogen and oxygen atoms in total. The second-order valence-corrected chi connectivity index (χ2v) is 7.46. The molecule has 0 saturated heterocycles. The number of thiazole rings is 1. The average molecular weight is 389 g/mol. The number of benzene rings is 2. The second kappa shape index (κ2) is 8.31. The predicted molar refractivity (Wildman–Crippen MR) is 112 cm³/mol. The summed E-state index contributed by atoms with van der Waals surface area (Å²) >= 11 is 1.62. The van der Waals surface area contributed by atoms with Crippen LogP contribution >= 0.6 is 11.3 Å². The third-order valence-electron chi connectivity index (χ3n) is 4.55. The van der Waals surface area contributed by atoms with Crippen LogP contribution in [0.2, 0.25) is 0 Å². The SMILES string of the molecule is Cc1ccc(-c2csc(=Nc3cccnc3)n2CCc2ccc(F)cc2)cc1. The van der Waals surface area contributed by atoms with Crippen molar-refractivity contribution in [3.8, 4) is 11.3 Å². The lowest BCUT2D eigenvalue weighted by Gasteiger charge is -2.10. The maximum absolute atomic E-state index is 13.2. The van der Waals surface area contributed by atoms with Gasteiger partial charge in [0, 0.05) is 18.1 Å². The van der Waals surface area contributed by atoms with Crippen LogP contribution in [0.3, 0.4) is 0 Å². The number of hydrogen-bond donors (Lipinski definition) is 0. The van der Waals surface area contributed by atoms with Crippen molar-refractivity contribution >= 4 is 17.0 Å². The minimum atomic E-state index is -0.209. The summed E-state index contributed by atoms with van der Waals surface area (Å²) in [5, 5.41) is 2.14. The molecule has 0 aliphatic carbocycles. The first-order valence-electron chi connectivity index (χ1n) is 9.13. The van der Waals surface area contributed by atoms with E-state index in [9.17, 15) is 4.39 Å². The molecule has 0 fully saturated rings. The number of nitrogens with zero attached hydrogens (tertiary/aromatic N) is 3. The van der Waals surface area contributed by atoms with Crippen molar-refractivity contribution in [3.05, 3.63) is 100 Å². The van der Waals surface area contributed by atoms with Crippen molar-refractivity contribution in [2.24, 2.45) is 4.99 Å². The Balaban J connectivity index is 1.73. The highest BCUT2D eigenvalue weighted by atomic mass is 32.1. The third kappa shape index (κ3) is 4.26. The molecule has 28 heavy (non-hydrogen) atoms. The number of aryl methyl sites for hydroxylation is 2. The Bertz CT molecular complexity index is 1110. The summed E-state index contributed by atoms with van der Waals surface area (Å²) in [7, 11) is 0. The quantitative estimate of drug-likeness (QED) is 0.441. The predicted octanol–water partition coefficient (Wildman–Crippen LogP) is 5.53. The van der Waals surface area contributed by atoms with Crippen molar-refractivity contribution < 1.29 is 4.39 Å². The van der Waals surface area contributed by atoms with E-state index in [2.05, 4.69) is 46.1 Å². The second-order valence-electron chi connectivity index (χ2n) is 6.62. The molecule has 0 aliphatic heterocycles. The van der Waals surface area contributed by atoms with E-state index in [1.54, 1.807) is 23.7 Å². The lowest BCUT2D eigenvalue weighted by atomic mass is 10.1. The van der Waals surface area contributed by atoms with E-state index in [-0.39, 0.29) is 5.82 Å². The summed E-state index contributed by atoms with van der Waals surface area (Å²) in [6.07, 6.45) is 4.31. The zero-order valence-corrected chi connectivity index (χ0v) is 16.4. The first-order chi connectivity index (χ1) is 13.7. The van der Waals surface area contributed by atoms with Gasteiger partial charge in [-0.05, 0) is 48.7 Å². The monoisotopic (exact) mass is 389 g/mol. The molecule has 0 spiro atoms. The number of pyridine rings is 1. The van der Waals surface area contributed by atoms with Gasteiger partial charge in [0.1, 0.15) is 5.82 Å². The summed E-state index contributed by atoms with van der Waals surface area (Å²) in [6.45, 7) is 2.85. The molecule has 0 amide bonds. The molecule has 5 heteroatoms. The van der Waals surface area contributed by atoms with E-state index in [1.807, 2.05) is 24.3 Å². The van der Waals surface area contributed by atoms with Crippen molar-refractivity contribution in [3.63, 3.8) is 0 Å². The fourth-order valence-electron chi connectivity index (χ4n) is 3.01. The van der Waals surface area contributed by atoms with E-state index in [1.165, 1.54) is 17.7 Å². The zero-order valence-electron chi connectivity index (χ0n) is 15.5. The van der Waals surface area contributed by atoms with Crippen LogP contribution in [0, 0.1) is 12.7 Å². The number of halogens is 1. The molecule has 0 N–H and O–H groups in total. The van der Waals surface area contributed by atoms with Gasteiger partial charge >= 0.3 is 0 Å². The summed E-state index contributed by atoms with van der Waals surface area (Å²) in [6, 6.07) is 19.0. The van der Waals surface area contributed by atoms with E-state index in [0.29, 0.717) is 0 Å². The Morgan fingerprint density at radius 3 is 2.54 bits per heavy atom. The van der Waals surface area contributed by atoms with Crippen LogP contribution in [0.5, 0.6) is 0 Å². The summed E-state index contributed by atoms with van der Waals surface area (Å²) in [4.78, 5) is 9.87. The molecule has 2 heterocycles. The zero-order chi connectivity index (χ0) is 19.3. The summed E-state index contributed by atoms with van der Waals surface area (Å²) in [5.41, 5.74) is 5.46. The molecule has 0 saturated carbocycles. The Labute approximate surface area is 167 Å². The molecule has 0 unspecified atom stereocenters. The largest absolute Gasteiger partial charge is 0.316 e. The first kappa shape index (κ1) is 18.3. The summed E-state index contributed by atoms with van der Waals surface area (Å²) in [5.74, 6) is -0.209. The minimum Gasteiger partial charge on any atom is -0.316 e. The van der Waals surface area contributed by atoms with Crippen LogP contribution in [0.15, 0.2) is 83.4 Å². The molecular weight excluding hydrogens is 369 g/mol. The van der Waals surface area contributed by atoms with Gasteiger partial charge in [-0.3, -0.25) is 4.98 Å². The Morgan fingerprint density at radius 2 is 1.82 bits per heavy atom. The number of rotatable bonds is 5. The standard InChI is InChI=1S/C23H20FN3S/c1-17-4-8-19(9-5-17)22-16-28-23(26-21-3-2-13-25-15-21)27(22)14-12-18-6-10-20(24)11-7-18/h2-11,13,15-16H,12,14H2,1H3. The van der Waals surface area contributed by atoms with Crippen molar-refractivity contribution in [2.45, 2.75) is 19.9 Å². The fraction of sp³-hybridized carbons (Fsp3) is 0.130. The highest BCUT2D eigenvalue weighted by Gasteiger charge is 2.09. The highest BCUT2D eigenvalue weighted by molar-refractivity contribution is 7.07. The third-order valence-corrected chi connectivity index (χ3v) is 5.42. The van der Waals surface area contributed by atoms with Gasteiger partial charge in [0.25, 0.3) is 0 Å². The summed E-state index contributed by atoms with van der Waals surface area (Å²) < 4.78 is 15.4.